The van der Waals surface area contributed by atoms with Gasteiger partial charge in [0.05, 0.1) is 18.0 Å². The maximum atomic E-state index is 12.7. The first-order valence-corrected chi connectivity index (χ1v) is 12.6. The van der Waals surface area contributed by atoms with Crippen molar-refractivity contribution in [1.29, 1.82) is 0 Å². The number of nitrogens with two attached hydrogens (primary N) is 1. The smallest absolute Gasteiger partial charge is 0.246 e. The summed E-state index contributed by atoms with van der Waals surface area (Å²) in [5.41, 5.74) is 8.54. The van der Waals surface area contributed by atoms with E-state index < -0.39 is 0 Å². The minimum atomic E-state index is -0.0154. The first-order chi connectivity index (χ1) is 18.6. The van der Waals surface area contributed by atoms with Gasteiger partial charge in [-0.05, 0) is 42.8 Å². The highest BCUT2D eigenvalue weighted by molar-refractivity contribution is 5.98. The van der Waals surface area contributed by atoms with E-state index in [0.29, 0.717) is 48.8 Å². The van der Waals surface area contributed by atoms with Gasteiger partial charge in [-0.25, -0.2) is 14.6 Å². The molecule has 4 aromatic rings. The number of amides is 1. The third-order valence-electron chi connectivity index (χ3n) is 6.45. The van der Waals surface area contributed by atoms with E-state index in [1.54, 1.807) is 13.2 Å². The molecule has 0 radical (unpaired) electrons. The van der Waals surface area contributed by atoms with Gasteiger partial charge >= 0.3 is 0 Å². The molecule has 2 aromatic carbocycles. The van der Waals surface area contributed by atoms with Gasteiger partial charge in [0.25, 0.3) is 0 Å². The molecule has 1 fully saturated rings. The van der Waals surface area contributed by atoms with Crippen molar-refractivity contribution in [2.45, 2.75) is 12.5 Å². The Labute approximate surface area is 221 Å². The lowest BCUT2D eigenvalue weighted by Crippen LogP contribution is -2.28. The zero-order valence-corrected chi connectivity index (χ0v) is 21.3. The maximum absolute atomic E-state index is 12.7. The molecule has 0 unspecified atom stereocenters. The number of para-hydroxylation sites is 1. The summed E-state index contributed by atoms with van der Waals surface area (Å²) in [5, 5.41) is 8.83. The molecule has 1 aliphatic rings. The van der Waals surface area contributed by atoms with Crippen molar-refractivity contribution in [1.82, 2.24) is 30.0 Å². The number of aromatic nitrogens is 4. The summed E-state index contributed by atoms with van der Waals surface area (Å²) in [4.78, 5) is 23.3. The van der Waals surface area contributed by atoms with Gasteiger partial charge < -0.3 is 25.4 Å². The van der Waals surface area contributed by atoms with Gasteiger partial charge in [0.15, 0.2) is 5.65 Å². The molecule has 0 saturated carbocycles. The van der Waals surface area contributed by atoms with Crippen LogP contribution in [0.1, 0.15) is 12.5 Å². The van der Waals surface area contributed by atoms with Crippen LogP contribution < -0.4 is 15.8 Å². The fourth-order valence-corrected chi connectivity index (χ4v) is 4.52. The highest BCUT2D eigenvalue weighted by atomic mass is 16.5. The van der Waals surface area contributed by atoms with Crippen molar-refractivity contribution in [3.05, 3.63) is 73.1 Å². The summed E-state index contributed by atoms with van der Waals surface area (Å²) >= 11 is 0. The third kappa shape index (κ3) is 5.66. The molecule has 0 aliphatic carbocycles. The van der Waals surface area contributed by atoms with E-state index in [9.17, 15) is 4.79 Å². The molecular formula is C28H31N7O3. The second kappa shape index (κ2) is 11.8. The molecule has 1 atom stereocenters. The molecule has 1 amide bonds. The molecule has 1 saturated heterocycles. The Morgan fingerprint density at radius 1 is 1.13 bits per heavy atom. The lowest BCUT2D eigenvalue weighted by Gasteiger charge is -2.15. The van der Waals surface area contributed by atoms with Gasteiger partial charge in [0.2, 0.25) is 5.91 Å². The van der Waals surface area contributed by atoms with E-state index in [-0.39, 0.29) is 11.9 Å². The van der Waals surface area contributed by atoms with Crippen molar-refractivity contribution in [2.24, 2.45) is 0 Å². The van der Waals surface area contributed by atoms with Crippen LogP contribution >= 0.6 is 0 Å². The molecular weight excluding hydrogens is 482 g/mol. The number of carbonyl (C=O) groups excluding carboxylic acids is 1. The Kier molecular flexibility index (Phi) is 7.91. The minimum absolute atomic E-state index is 0.0131. The number of nitrogen functional groups attached to an aromatic ring is 1. The van der Waals surface area contributed by atoms with Crippen LogP contribution in [0.5, 0.6) is 11.5 Å². The Bertz CT molecular complexity index is 1400. The van der Waals surface area contributed by atoms with Crippen molar-refractivity contribution in [3.63, 3.8) is 0 Å². The lowest BCUT2D eigenvalue weighted by molar-refractivity contribution is -0.125. The number of likely N-dealkylation sites (tertiary alicyclic amines) is 1. The fourth-order valence-electron chi connectivity index (χ4n) is 4.52. The van der Waals surface area contributed by atoms with E-state index in [1.165, 1.54) is 6.33 Å². The van der Waals surface area contributed by atoms with Crippen molar-refractivity contribution in [2.75, 3.05) is 45.6 Å². The number of hydrogen-bond acceptors (Lipinski definition) is 8. The predicted molar refractivity (Wildman–Crippen MR) is 146 cm³/mol. The van der Waals surface area contributed by atoms with Gasteiger partial charge in [0.1, 0.15) is 29.3 Å². The molecule has 10 nitrogen and oxygen atoms in total. The Morgan fingerprint density at radius 2 is 1.92 bits per heavy atom. The number of rotatable bonds is 10. The molecule has 2 aromatic heterocycles. The summed E-state index contributed by atoms with van der Waals surface area (Å²) in [6, 6.07) is 17.3. The van der Waals surface area contributed by atoms with Crippen LogP contribution in [0.4, 0.5) is 5.82 Å². The number of carbonyl (C=O) groups is 1. The quantitative estimate of drug-likeness (QED) is 0.244. The first-order valence-electron chi connectivity index (χ1n) is 12.6. The van der Waals surface area contributed by atoms with Crippen LogP contribution in [-0.4, -0.2) is 70.5 Å². The molecule has 196 valence electrons. The molecule has 0 bridgehead atoms. The number of nitrogens with one attached hydrogen (secondary N) is 1. The molecule has 1 aliphatic heterocycles. The van der Waals surface area contributed by atoms with Gasteiger partial charge in [-0.3, -0.25) is 4.79 Å². The molecule has 0 spiro atoms. The number of hydrogen-bond donors (Lipinski definition) is 2. The molecule has 3 heterocycles. The zero-order chi connectivity index (χ0) is 26.3. The summed E-state index contributed by atoms with van der Waals surface area (Å²) in [5.74, 6) is 1.85. The summed E-state index contributed by atoms with van der Waals surface area (Å²) in [6.07, 6.45) is 5.68. The first kappa shape index (κ1) is 25.4. The largest absolute Gasteiger partial charge is 0.457 e. The Hall–Kier alpha value is -4.28. The molecule has 3 N–H and O–H groups in total. The number of benzene rings is 2. The van der Waals surface area contributed by atoms with Gasteiger partial charge in [0, 0.05) is 44.9 Å². The minimum Gasteiger partial charge on any atom is -0.457 e. The van der Waals surface area contributed by atoms with Crippen molar-refractivity contribution in [3.8, 4) is 22.8 Å². The third-order valence-corrected chi connectivity index (χ3v) is 6.45. The molecule has 38 heavy (non-hydrogen) atoms. The van der Waals surface area contributed by atoms with Crippen LogP contribution in [0.3, 0.4) is 0 Å². The Balaban J connectivity index is 1.33. The van der Waals surface area contributed by atoms with Crippen LogP contribution in [0.2, 0.25) is 0 Å². The van der Waals surface area contributed by atoms with Crippen LogP contribution in [0.25, 0.3) is 22.3 Å². The van der Waals surface area contributed by atoms with Crippen molar-refractivity contribution >= 4 is 22.8 Å². The van der Waals surface area contributed by atoms with E-state index >= 15 is 0 Å². The van der Waals surface area contributed by atoms with E-state index in [1.807, 2.05) is 70.3 Å². The second-order valence-electron chi connectivity index (χ2n) is 9.02. The lowest BCUT2D eigenvalue weighted by atomic mass is 10.1. The highest BCUT2D eigenvalue weighted by Gasteiger charge is 2.30. The monoisotopic (exact) mass is 513 g/mol. The standard InChI is InChI=1S/C28H31N7O3/c1-37-17-15-30-14-5-8-24(36)34-16-13-21(18-34)35-28-25(27(29)31-19-32-28)26(33-35)20-9-11-23(12-10-20)38-22-6-3-2-4-7-22/h2-12,19,21,30H,13-18H2,1H3,(H2,29,31,32)/t21-/m1/s1. The summed E-state index contributed by atoms with van der Waals surface area (Å²) in [6.45, 7) is 3.18. The van der Waals surface area contributed by atoms with Gasteiger partial charge in [-0.15, -0.1) is 0 Å². The molecule has 5 rings (SSSR count). The number of fused-ring (bicyclic) bond motifs is 1. The van der Waals surface area contributed by atoms with Crippen LogP contribution in [0.15, 0.2) is 73.1 Å². The number of nitrogens with zero attached hydrogens (tertiary/aromatic N) is 5. The van der Waals surface area contributed by atoms with E-state index in [0.717, 1.165) is 30.0 Å². The van der Waals surface area contributed by atoms with Crippen molar-refractivity contribution < 1.29 is 14.3 Å². The average Bonchev–Trinajstić information content (AvgIpc) is 3.58. The second-order valence-corrected chi connectivity index (χ2v) is 9.02. The fraction of sp³-hybridized carbons (Fsp3) is 0.286. The molecule has 10 heteroatoms. The topological polar surface area (TPSA) is 120 Å². The van der Waals surface area contributed by atoms with Crippen LogP contribution in [0, 0.1) is 0 Å². The normalized spacial score (nSPS) is 15.5. The average molecular weight is 514 g/mol. The highest BCUT2D eigenvalue weighted by Crippen LogP contribution is 2.35. The number of anilines is 1. The van der Waals surface area contributed by atoms with E-state index in [4.69, 9.17) is 20.3 Å². The van der Waals surface area contributed by atoms with Gasteiger partial charge in [-0.2, -0.15) is 5.10 Å². The summed E-state index contributed by atoms with van der Waals surface area (Å²) < 4.78 is 12.8. The summed E-state index contributed by atoms with van der Waals surface area (Å²) in [7, 11) is 1.66. The Morgan fingerprint density at radius 3 is 2.71 bits per heavy atom. The van der Waals surface area contributed by atoms with Gasteiger partial charge in [-0.1, -0.05) is 24.3 Å². The number of ether oxygens (including phenoxy) is 2. The van der Waals surface area contributed by atoms with E-state index in [2.05, 4.69) is 15.3 Å². The van der Waals surface area contributed by atoms with Crippen LogP contribution in [-0.2, 0) is 9.53 Å². The predicted octanol–water partition coefficient (Wildman–Crippen LogP) is 3.43. The SMILES string of the molecule is COCCNCC=CC(=O)N1CC[C@@H](n2nc(-c3ccc(Oc4ccccc4)cc3)c3c(N)ncnc32)C1. The maximum Gasteiger partial charge on any atom is 0.246 e. The number of methoxy groups -OCH3 is 1. The zero-order valence-electron chi connectivity index (χ0n) is 21.3.